The zero-order valence-electron chi connectivity index (χ0n) is 26.8. The molecule has 0 bridgehead atoms. The van der Waals surface area contributed by atoms with Crippen LogP contribution < -0.4 is 0 Å². The second-order valence-electron chi connectivity index (χ2n) is 11.1. The van der Waals surface area contributed by atoms with Crippen molar-refractivity contribution in [1.82, 2.24) is 0 Å². The Morgan fingerprint density at radius 2 is 1.02 bits per heavy atom. The van der Waals surface area contributed by atoms with E-state index >= 15 is 0 Å². The number of aliphatic hydroxyl groups is 6. The number of aliphatic hydroxyl groups excluding tert-OH is 6. The topological polar surface area (TPSA) is 194 Å². The third kappa shape index (κ3) is 11.0. The first kappa shape index (κ1) is 38.2. The predicted molar refractivity (Wildman–Crippen MR) is 148 cm³/mol. The third-order valence-corrected chi connectivity index (χ3v) is 7.67. The van der Waals surface area contributed by atoms with Gasteiger partial charge in [0.25, 0.3) is 0 Å². The zero-order valence-corrected chi connectivity index (χ0v) is 25.8. The van der Waals surface area contributed by atoms with Gasteiger partial charge in [-0.15, -0.1) is 0 Å². The fourth-order valence-electron chi connectivity index (χ4n) is 4.14. The Hall–Kier alpha value is -0.810. The van der Waals surface area contributed by atoms with Crippen molar-refractivity contribution in [3.05, 3.63) is 0 Å². The molecule has 0 aromatic rings. The summed E-state index contributed by atoms with van der Waals surface area (Å²) in [5, 5.41) is 52.2. The van der Waals surface area contributed by atoms with Crippen molar-refractivity contribution in [2.75, 3.05) is 26.4 Å². The summed E-state index contributed by atoms with van der Waals surface area (Å²) in [5.41, 5.74) is 0. The van der Waals surface area contributed by atoms with Gasteiger partial charge in [-0.2, -0.15) is 0 Å². The van der Waals surface area contributed by atoms with E-state index in [9.17, 15) is 4.79 Å². The van der Waals surface area contributed by atoms with E-state index in [0.717, 1.165) is 19.3 Å². The van der Waals surface area contributed by atoms with Gasteiger partial charge in [-0.25, -0.2) is 0 Å². The maximum absolute atomic E-state index is 9.81. The molecule has 0 spiro atoms. The Morgan fingerprint density at radius 3 is 1.24 bits per heavy atom. The molecule has 3 heterocycles. The van der Waals surface area contributed by atoms with Gasteiger partial charge in [-0.1, -0.05) is 27.7 Å². The van der Waals surface area contributed by atoms with Crippen LogP contribution in [-0.4, -0.2) is 129 Å². The Kier molecular flexibility index (Phi) is 15.7. The zero-order chi connectivity index (χ0) is 31.6. The smallest absolute Gasteiger partial charge is 0.394 e. The lowest BCUT2D eigenvalue weighted by Crippen LogP contribution is -2.46. The molecule has 0 aromatic carbocycles. The quantitative estimate of drug-likeness (QED) is 0.192. The third-order valence-electron chi connectivity index (χ3n) is 7.67. The van der Waals surface area contributed by atoms with Crippen molar-refractivity contribution in [3.63, 3.8) is 0 Å². The monoisotopic (exact) mass is 599 g/mol. The van der Waals surface area contributed by atoms with Gasteiger partial charge in [-0.05, 0) is 47.0 Å². The van der Waals surface area contributed by atoms with Crippen LogP contribution in [-0.2, 0) is 33.2 Å². The van der Waals surface area contributed by atoms with Gasteiger partial charge in [0.05, 0.1) is 26.4 Å². The molecule has 3 aliphatic heterocycles. The number of carbonyl (C=O) groups excluding carboxylic acids is 1. The summed E-state index contributed by atoms with van der Waals surface area (Å²) in [7, 11) is 0. The van der Waals surface area contributed by atoms with Gasteiger partial charge in [0.1, 0.15) is 54.6 Å². The van der Waals surface area contributed by atoms with Crippen LogP contribution in [0.2, 0.25) is 0 Å². The molecule has 3 rings (SSSR count). The summed E-state index contributed by atoms with van der Waals surface area (Å²) in [4.78, 5) is 9.81. The maximum Gasteiger partial charge on any atom is 1.00 e. The average molecular weight is 600 g/mol. The highest BCUT2D eigenvalue weighted by molar-refractivity contribution is 5.74. The standard InChI is InChI=1S/C18H32O6.C6H14O6.C4H8O/c1-7-16(4)19-10-12(21-16)14-15(24-18(6,9-3)23-14)13-11-20-17(5,8-2)22-13;7-1-3(9)5(11)6(12)4(10)2-8;1-3-4(2)5/h12-15H,7-11H2,1-6H3;3-12H,1-2H2;3H2,1-2H3/p+1/t12-,13+,14-,15-,16?,17?,18?;3-,4+,5-,6-;/m11./s1. The second-order valence-corrected chi connectivity index (χ2v) is 11.1. The molecule has 244 valence electrons. The molecule has 3 fully saturated rings. The van der Waals surface area contributed by atoms with E-state index in [-0.39, 0.29) is 31.6 Å². The first-order valence-electron chi connectivity index (χ1n) is 14.5. The molecule has 0 saturated carbocycles. The van der Waals surface area contributed by atoms with Crippen molar-refractivity contribution in [3.8, 4) is 0 Å². The van der Waals surface area contributed by atoms with Crippen molar-refractivity contribution in [2.45, 2.75) is 147 Å². The van der Waals surface area contributed by atoms with Gasteiger partial charge >= 0.3 is 1.43 Å². The fraction of sp³-hybridized carbons (Fsp3) is 0.964. The molecule has 6 N–H and O–H groups in total. The minimum absolute atomic E-state index is 0. The highest BCUT2D eigenvalue weighted by atomic mass is 16.8. The lowest BCUT2D eigenvalue weighted by molar-refractivity contribution is -0.193. The van der Waals surface area contributed by atoms with E-state index in [4.69, 9.17) is 59.1 Å². The average Bonchev–Trinajstić information content (AvgIpc) is 3.67. The number of rotatable bonds is 11. The largest absolute Gasteiger partial charge is 1.00 e. The van der Waals surface area contributed by atoms with Crippen molar-refractivity contribution in [1.29, 1.82) is 0 Å². The summed E-state index contributed by atoms with van der Waals surface area (Å²) < 4.78 is 36.6. The van der Waals surface area contributed by atoms with Crippen LogP contribution in [0.15, 0.2) is 0 Å². The molecule has 3 saturated heterocycles. The molecule has 3 aliphatic rings. The van der Waals surface area contributed by atoms with Crippen molar-refractivity contribution in [2.24, 2.45) is 0 Å². The van der Waals surface area contributed by atoms with Crippen LogP contribution in [0.3, 0.4) is 0 Å². The number of hydrogen-bond acceptors (Lipinski definition) is 13. The van der Waals surface area contributed by atoms with Gasteiger partial charge < -0.3 is 63.9 Å². The highest BCUT2D eigenvalue weighted by Gasteiger charge is 2.56. The van der Waals surface area contributed by atoms with E-state index < -0.39 is 55.0 Å². The molecule has 0 radical (unpaired) electrons. The van der Waals surface area contributed by atoms with Crippen molar-refractivity contribution >= 4 is 5.78 Å². The van der Waals surface area contributed by atoms with E-state index in [1.807, 2.05) is 27.7 Å². The number of hydrogen-bond donors (Lipinski definition) is 6. The molecule has 0 aromatic heterocycles. The van der Waals surface area contributed by atoms with Gasteiger partial charge in [0, 0.05) is 6.42 Å². The molecule has 0 amide bonds. The SMILES string of the molecule is CCC(C)=O.CCC1(C)O[C@H]([C@@H]2COC(C)(CC)O2)[C@@H]([C@H]2COC(C)(CC)O2)O1.OC[C@@H](O)[C@@H](O)[C@H](O)[C@@H](O)CO.[H+]. The van der Waals surface area contributed by atoms with Gasteiger partial charge in [-0.3, -0.25) is 0 Å². The van der Waals surface area contributed by atoms with Crippen LogP contribution in [0.25, 0.3) is 0 Å². The normalized spacial score (nSPS) is 37.8. The molecule has 3 unspecified atom stereocenters. The van der Waals surface area contributed by atoms with Crippen LogP contribution in [0.5, 0.6) is 0 Å². The van der Waals surface area contributed by atoms with Crippen LogP contribution >= 0.6 is 0 Å². The van der Waals surface area contributed by atoms with E-state index in [2.05, 4.69) is 20.8 Å². The van der Waals surface area contributed by atoms with Gasteiger partial charge in [0.15, 0.2) is 17.4 Å². The van der Waals surface area contributed by atoms with Crippen LogP contribution in [0.4, 0.5) is 0 Å². The van der Waals surface area contributed by atoms with Crippen molar-refractivity contribution < 1.29 is 65.3 Å². The van der Waals surface area contributed by atoms with E-state index in [1.165, 1.54) is 0 Å². The fourth-order valence-corrected chi connectivity index (χ4v) is 4.14. The molecule has 0 aliphatic carbocycles. The lowest BCUT2D eigenvalue weighted by atomic mass is 10.0. The van der Waals surface area contributed by atoms with Crippen LogP contribution in [0.1, 0.15) is 82.5 Å². The van der Waals surface area contributed by atoms with Gasteiger partial charge in [0.2, 0.25) is 0 Å². The number of ketones is 1. The molecular formula is C28H55O13+. The summed E-state index contributed by atoms with van der Waals surface area (Å²) in [6.07, 6.45) is -4.15. The maximum atomic E-state index is 9.81. The lowest BCUT2D eigenvalue weighted by Gasteiger charge is -2.28. The summed E-state index contributed by atoms with van der Waals surface area (Å²) in [6, 6.07) is 0. The van der Waals surface area contributed by atoms with Crippen LogP contribution in [0, 0.1) is 0 Å². The molecule has 13 nitrogen and oxygen atoms in total. The summed E-state index contributed by atoms with van der Waals surface area (Å²) in [5.74, 6) is -1.47. The Morgan fingerprint density at radius 1 is 0.707 bits per heavy atom. The minimum Gasteiger partial charge on any atom is -0.394 e. The highest BCUT2D eigenvalue weighted by Crippen LogP contribution is 2.42. The Labute approximate surface area is 245 Å². The minimum atomic E-state index is -1.67. The Bertz CT molecular complexity index is 726. The van der Waals surface area contributed by atoms with E-state index in [1.54, 1.807) is 6.92 Å². The predicted octanol–water partition coefficient (Wildman–Crippen LogP) is 0.492. The first-order valence-corrected chi connectivity index (χ1v) is 14.5. The Balaban J connectivity index is 0.000000787. The molecule has 13 heteroatoms. The van der Waals surface area contributed by atoms with E-state index in [0.29, 0.717) is 19.6 Å². The molecular weight excluding hydrogens is 544 g/mol. The molecule has 11 atom stereocenters. The number of carbonyl (C=O) groups is 1. The second kappa shape index (κ2) is 16.9. The summed E-state index contributed by atoms with van der Waals surface area (Å²) >= 11 is 0. The first-order chi connectivity index (χ1) is 19.1. The molecule has 41 heavy (non-hydrogen) atoms. The number of Topliss-reactive ketones (excluding diaryl/α,β-unsaturated/α-hetero) is 1. The number of ether oxygens (including phenoxy) is 6. The summed E-state index contributed by atoms with van der Waals surface area (Å²) in [6.45, 7) is 15.1.